The summed E-state index contributed by atoms with van der Waals surface area (Å²) in [7, 11) is 0. The highest BCUT2D eigenvalue weighted by Crippen LogP contribution is 2.53. The molecule has 1 amide bonds. The van der Waals surface area contributed by atoms with E-state index in [4.69, 9.17) is 4.74 Å². The second-order valence-corrected chi connectivity index (χ2v) is 8.95. The maximum absolute atomic E-state index is 13.1. The maximum Gasteiger partial charge on any atom is 0.270 e. The van der Waals surface area contributed by atoms with Gasteiger partial charge in [0.05, 0.1) is 4.92 Å². The third kappa shape index (κ3) is 2.73. The number of hydrogen-bond donors (Lipinski definition) is 1. The van der Waals surface area contributed by atoms with E-state index in [0.717, 1.165) is 11.8 Å². The molecule has 4 bridgehead atoms. The summed E-state index contributed by atoms with van der Waals surface area (Å²) in [5, 5.41) is 14.3. The number of carbonyl (C=O) groups is 1. The molecule has 1 aromatic carbocycles. The minimum Gasteiger partial charge on any atom is -0.473 e. The molecule has 4 aliphatic carbocycles. The fourth-order valence-corrected chi connectivity index (χ4v) is 5.96. The predicted molar refractivity (Wildman–Crippen MR) is 100 cm³/mol. The van der Waals surface area contributed by atoms with Crippen LogP contribution in [0.25, 0.3) is 6.08 Å². The average Bonchev–Trinajstić information content (AvgIpc) is 2.63. The summed E-state index contributed by atoms with van der Waals surface area (Å²) in [4.78, 5) is 23.6. The highest BCUT2D eigenvalue weighted by Gasteiger charge is 2.50. The number of nitrogens with one attached hydrogen (secondary N) is 1. The smallest absolute Gasteiger partial charge is 0.270 e. The fourth-order valence-electron chi connectivity index (χ4n) is 5.96. The van der Waals surface area contributed by atoms with Crippen molar-refractivity contribution < 1.29 is 14.5 Å². The summed E-state index contributed by atoms with van der Waals surface area (Å²) in [5.41, 5.74) is -0.439. The van der Waals surface area contributed by atoms with Gasteiger partial charge >= 0.3 is 0 Å². The van der Waals surface area contributed by atoms with Crippen molar-refractivity contribution in [2.75, 3.05) is 0 Å². The van der Waals surface area contributed by atoms with Crippen molar-refractivity contribution in [2.45, 2.75) is 50.7 Å². The normalized spacial score (nSPS) is 38.2. The van der Waals surface area contributed by atoms with Gasteiger partial charge in [0.15, 0.2) is 0 Å². The van der Waals surface area contributed by atoms with Crippen molar-refractivity contribution in [1.82, 2.24) is 5.32 Å². The summed E-state index contributed by atoms with van der Waals surface area (Å²) in [5.74, 6) is 3.34. The highest BCUT2D eigenvalue weighted by molar-refractivity contribution is 5.90. The van der Waals surface area contributed by atoms with Crippen LogP contribution in [-0.2, 0) is 4.79 Å². The molecular formula is C21H24N2O4. The Kier molecular flexibility index (Phi) is 3.61. The lowest BCUT2D eigenvalue weighted by molar-refractivity contribution is -0.384. The molecule has 142 valence electrons. The van der Waals surface area contributed by atoms with E-state index in [0.29, 0.717) is 23.1 Å². The van der Waals surface area contributed by atoms with Crippen LogP contribution >= 0.6 is 0 Å². The number of fused-ring (bicyclic) bond motifs is 1. The molecule has 0 spiro atoms. The van der Waals surface area contributed by atoms with Gasteiger partial charge in [-0.2, -0.15) is 0 Å². The molecule has 5 aliphatic rings. The number of hydrogen-bond acceptors (Lipinski definition) is 4. The molecule has 0 radical (unpaired) electrons. The molecule has 6 nitrogen and oxygen atoms in total. The molecule has 1 N–H and O–H groups in total. The van der Waals surface area contributed by atoms with Crippen molar-refractivity contribution in [3.05, 3.63) is 40.0 Å². The first-order chi connectivity index (χ1) is 12.9. The summed E-state index contributed by atoms with van der Waals surface area (Å²) >= 11 is 0. The first-order valence-electron chi connectivity index (χ1n) is 9.89. The lowest BCUT2D eigenvalue weighted by Gasteiger charge is -2.54. The second kappa shape index (κ2) is 5.81. The van der Waals surface area contributed by atoms with Crippen LogP contribution in [-0.4, -0.2) is 22.5 Å². The Bertz CT molecular complexity index is 821. The van der Waals surface area contributed by atoms with Gasteiger partial charge in [-0.15, -0.1) is 0 Å². The summed E-state index contributed by atoms with van der Waals surface area (Å²) in [6.07, 6.45) is 9.85. The van der Waals surface area contributed by atoms with Gasteiger partial charge < -0.3 is 10.1 Å². The first kappa shape index (κ1) is 16.8. The quantitative estimate of drug-likeness (QED) is 0.651. The van der Waals surface area contributed by atoms with Crippen LogP contribution in [0.2, 0.25) is 0 Å². The van der Waals surface area contributed by atoms with Crippen LogP contribution in [0.15, 0.2) is 24.3 Å². The molecule has 4 fully saturated rings. The van der Waals surface area contributed by atoms with Gasteiger partial charge in [0.1, 0.15) is 5.75 Å². The monoisotopic (exact) mass is 368 g/mol. The zero-order valence-electron chi connectivity index (χ0n) is 15.4. The number of nitro groups is 1. The van der Waals surface area contributed by atoms with Gasteiger partial charge in [0.25, 0.3) is 11.6 Å². The Morgan fingerprint density at radius 3 is 2.48 bits per heavy atom. The lowest BCUT2D eigenvalue weighted by atomic mass is 9.54. The minimum atomic E-state index is -1.09. The summed E-state index contributed by atoms with van der Waals surface area (Å²) in [6, 6.07) is 4.72. The van der Waals surface area contributed by atoms with Crippen LogP contribution in [0.5, 0.6) is 5.75 Å². The predicted octanol–water partition coefficient (Wildman–Crippen LogP) is 3.70. The van der Waals surface area contributed by atoms with Crippen LogP contribution in [0.1, 0.15) is 44.6 Å². The second-order valence-electron chi connectivity index (χ2n) is 8.95. The van der Waals surface area contributed by atoms with Crippen molar-refractivity contribution >= 4 is 17.7 Å². The molecule has 0 aromatic heterocycles. The van der Waals surface area contributed by atoms with Crippen molar-refractivity contribution in [3.63, 3.8) is 0 Å². The van der Waals surface area contributed by atoms with E-state index in [1.54, 1.807) is 25.1 Å². The van der Waals surface area contributed by atoms with E-state index in [2.05, 4.69) is 5.32 Å². The van der Waals surface area contributed by atoms with Crippen molar-refractivity contribution in [2.24, 2.45) is 23.7 Å². The van der Waals surface area contributed by atoms with E-state index >= 15 is 0 Å². The van der Waals surface area contributed by atoms with Crippen LogP contribution in [0.3, 0.4) is 0 Å². The van der Waals surface area contributed by atoms with Gasteiger partial charge in [-0.05, 0) is 74.8 Å². The van der Waals surface area contributed by atoms with Crippen molar-refractivity contribution in [3.8, 4) is 5.75 Å². The molecule has 1 heterocycles. The Balaban J connectivity index is 1.33. The van der Waals surface area contributed by atoms with Gasteiger partial charge in [0, 0.05) is 23.7 Å². The zero-order valence-corrected chi connectivity index (χ0v) is 15.4. The third-order valence-electron chi connectivity index (χ3n) is 7.08. The minimum absolute atomic E-state index is 0.0173. The molecular weight excluding hydrogens is 344 g/mol. The Hall–Kier alpha value is -2.37. The summed E-state index contributed by atoms with van der Waals surface area (Å²) < 4.78 is 5.99. The van der Waals surface area contributed by atoms with Gasteiger partial charge in [-0.1, -0.05) is 6.08 Å². The molecule has 4 saturated carbocycles. The molecule has 1 atom stereocenters. The molecule has 1 unspecified atom stereocenters. The average molecular weight is 368 g/mol. The number of non-ortho nitro benzene ring substituents is 1. The number of nitro benzene ring substituents is 1. The van der Waals surface area contributed by atoms with Crippen LogP contribution in [0.4, 0.5) is 5.69 Å². The largest absolute Gasteiger partial charge is 0.473 e. The standard InChI is InChI=1S/C21H24N2O4/c1-21(5-4-14-11-17(23(25)26)2-3-18(14)27-21)20(24)22-19-15-7-12-6-13(9-15)10-16(19)8-12/h2-5,11-13,15-16,19H,6-10H2,1H3,(H,22,24). The lowest BCUT2D eigenvalue weighted by Crippen LogP contribution is -2.60. The van der Waals surface area contributed by atoms with E-state index in [1.807, 2.05) is 0 Å². The molecule has 1 aliphatic heterocycles. The molecule has 27 heavy (non-hydrogen) atoms. The number of benzene rings is 1. The van der Waals surface area contributed by atoms with Gasteiger partial charge in [-0.3, -0.25) is 14.9 Å². The van der Waals surface area contributed by atoms with E-state index in [1.165, 1.54) is 44.2 Å². The number of amides is 1. The SMILES string of the molecule is CC1(C(=O)NC2C3CC4CC(C3)CC2C4)C=Cc2cc([N+](=O)[O-])ccc2O1. The molecule has 6 heteroatoms. The van der Waals surface area contributed by atoms with Crippen LogP contribution < -0.4 is 10.1 Å². The Morgan fingerprint density at radius 2 is 1.85 bits per heavy atom. The third-order valence-corrected chi connectivity index (χ3v) is 7.08. The highest BCUT2D eigenvalue weighted by atomic mass is 16.6. The first-order valence-corrected chi connectivity index (χ1v) is 9.89. The number of carbonyl (C=O) groups excluding carboxylic acids is 1. The van der Waals surface area contributed by atoms with E-state index in [-0.39, 0.29) is 17.6 Å². The number of rotatable bonds is 3. The maximum atomic E-state index is 13.1. The molecule has 1 aromatic rings. The van der Waals surface area contributed by atoms with Gasteiger partial charge in [0.2, 0.25) is 5.60 Å². The number of nitrogens with zero attached hydrogens (tertiary/aromatic N) is 1. The Morgan fingerprint density at radius 1 is 1.19 bits per heavy atom. The Labute approximate surface area is 158 Å². The topological polar surface area (TPSA) is 81.5 Å². The number of ether oxygens (including phenoxy) is 1. The molecule has 0 saturated heterocycles. The van der Waals surface area contributed by atoms with Crippen molar-refractivity contribution in [1.29, 1.82) is 0 Å². The molecule has 6 rings (SSSR count). The van der Waals surface area contributed by atoms with E-state index in [9.17, 15) is 14.9 Å². The zero-order chi connectivity index (χ0) is 18.8. The van der Waals surface area contributed by atoms with E-state index < -0.39 is 10.5 Å². The fraction of sp³-hybridized carbons (Fsp3) is 0.571. The van der Waals surface area contributed by atoms with Gasteiger partial charge in [-0.25, -0.2) is 0 Å². The van der Waals surface area contributed by atoms with Crippen LogP contribution in [0, 0.1) is 33.8 Å². The summed E-state index contributed by atoms with van der Waals surface area (Å²) in [6.45, 7) is 1.76.